The summed E-state index contributed by atoms with van der Waals surface area (Å²) < 4.78 is 39.9. The number of anilines is 1. The lowest BCUT2D eigenvalue weighted by Crippen LogP contribution is -2.34. The second-order valence-corrected chi connectivity index (χ2v) is 6.37. The summed E-state index contributed by atoms with van der Waals surface area (Å²) in [5.74, 6) is -1.20. The van der Waals surface area contributed by atoms with Crippen LogP contribution >= 0.6 is 0 Å². The predicted molar refractivity (Wildman–Crippen MR) is 70.1 cm³/mol. The zero-order valence-electron chi connectivity index (χ0n) is 10.7. The van der Waals surface area contributed by atoms with Crippen molar-refractivity contribution in [2.45, 2.75) is 30.7 Å². The highest BCUT2D eigenvalue weighted by atomic mass is 32.2. The van der Waals surface area contributed by atoms with E-state index in [9.17, 15) is 22.9 Å². The number of nitro benzene ring substituents is 1. The van der Waals surface area contributed by atoms with E-state index in [1.807, 2.05) is 0 Å². The summed E-state index contributed by atoms with van der Waals surface area (Å²) in [6, 6.07) is 1.29. The highest BCUT2D eigenvalue weighted by molar-refractivity contribution is 7.89. The molecule has 1 fully saturated rings. The summed E-state index contributed by atoms with van der Waals surface area (Å²) >= 11 is 0. The summed E-state index contributed by atoms with van der Waals surface area (Å²) in [5, 5.41) is 10.6. The predicted octanol–water partition coefficient (Wildman–Crippen LogP) is 1.49. The Balaban J connectivity index is 2.54. The molecule has 0 saturated heterocycles. The van der Waals surface area contributed by atoms with Gasteiger partial charge in [-0.3, -0.25) is 10.1 Å². The van der Waals surface area contributed by atoms with Crippen molar-refractivity contribution < 1.29 is 17.7 Å². The summed E-state index contributed by atoms with van der Waals surface area (Å²) in [6.45, 7) is 1.85. The van der Waals surface area contributed by atoms with Crippen LogP contribution in [0.3, 0.4) is 0 Å². The van der Waals surface area contributed by atoms with Gasteiger partial charge in [0.15, 0.2) is 5.82 Å². The van der Waals surface area contributed by atoms with Crippen molar-refractivity contribution in [2.75, 3.05) is 12.3 Å². The quantitative estimate of drug-likeness (QED) is 0.504. The summed E-state index contributed by atoms with van der Waals surface area (Å²) in [5.41, 5.74) is 4.49. The first-order chi connectivity index (χ1) is 9.28. The van der Waals surface area contributed by atoms with Crippen LogP contribution in [0.2, 0.25) is 0 Å². The lowest BCUT2D eigenvalue weighted by molar-refractivity contribution is -0.385. The van der Waals surface area contributed by atoms with E-state index in [1.165, 1.54) is 4.31 Å². The number of halogens is 1. The molecule has 2 rings (SSSR count). The van der Waals surface area contributed by atoms with Crippen molar-refractivity contribution in [2.24, 2.45) is 0 Å². The molecule has 1 aromatic carbocycles. The third-order valence-corrected chi connectivity index (χ3v) is 5.22. The number of nitrogen functional groups attached to an aromatic ring is 1. The molecule has 0 amide bonds. The van der Waals surface area contributed by atoms with Crippen LogP contribution in [0.1, 0.15) is 19.8 Å². The molecule has 1 aliphatic carbocycles. The number of hydrogen-bond donors (Lipinski definition) is 1. The van der Waals surface area contributed by atoms with Crippen LogP contribution in [0, 0.1) is 15.9 Å². The maximum absolute atomic E-state index is 14.0. The molecule has 1 saturated carbocycles. The van der Waals surface area contributed by atoms with E-state index < -0.39 is 37.0 Å². The van der Waals surface area contributed by atoms with Gasteiger partial charge in [-0.25, -0.2) is 12.8 Å². The van der Waals surface area contributed by atoms with Gasteiger partial charge in [0, 0.05) is 18.7 Å². The van der Waals surface area contributed by atoms with Crippen LogP contribution in [0.15, 0.2) is 17.0 Å². The van der Waals surface area contributed by atoms with Gasteiger partial charge in [0.2, 0.25) is 10.0 Å². The number of sulfonamides is 1. The Morgan fingerprint density at radius 3 is 2.50 bits per heavy atom. The standard InChI is InChI=1S/C11H14FN3O4S/c1-2-14(7-3-4-7)20(18,19)11-9(12)5-8(15(16)17)6-10(11)13/h5-7H,2-4,13H2,1H3. The van der Waals surface area contributed by atoms with Gasteiger partial charge < -0.3 is 5.73 Å². The Hall–Kier alpha value is -1.74. The minimum Gasteiger partial charge on any atom is -0.397 e. The monoisotopic (exact) mass is 303 g/mol. The number of nitro groups is 1. The van der Waals surface area contributed by atoms with Gasteiger partial charge >= 0.3 is 0 Å². The molecule has 0 spiro atoms. The lowest BCUT2D eigenvalue weighted by atomic mass is 10.3. The van der Waals surface area contributed by atoms with Gasteiger partial charge in [-0.2, -0.15) is 4.31 Å². The fourth-order valence-corrected chi connectivity index (χ4v) is 3.92. The van der Waals surface area contributed by atoms with Gasteiger partial charge in [0.05, 0.1) is 16.7 Å². The van der Waals surface area contributed by atoms with Crippen LogP contribution in [0.25, 0.3) is 0 Å². The Morgan fingerprint density at radius 2 is 2.10 bits per heavy atom. The average molecular weight is 303 g/mol. The minimum absolute atomic E-state index is 0.140. The molecule has 20 heavy (non-hydrogen) atoms. The molecule has 0 heterocycles. The second kappa shape index (κ2) is 4.98. The smallest absolute Gasteiger partial charge is 0.274 e. The SMILES string of the molecule is CCN(C1CC1)S(=O)(=O)c1c(N)cc([N+](=O)[O-])cc1F. The number of nitrogens with two attached hydrogens (primary N) is 1. The fourth-order valence-electron chi connectivity index (χ4n) is 2.08. The topological polar surface area (TPSA) is 107 Å². The van der Waals surface area contributed by atoms with E-state index in [0.717, 1.165) is 18.9 Å². The molecule has 9 heteroatoms. The van der Waals surface area contributed by atoms with Crippen molar-refractivity contribution in [3.05, 3.63) is 28.1 Å². The number of non-ortho nitro benzene ring substituents is 1. The minimum atomic E-state index is -4.08. The molecule has 0 bridgehead atoms. The second-order valence-electron chi connectivity index (χ2n) is 4.54. The van der Waals surface area contributed by atoms with Crippen LogP contribution < -0.4 is 5.73 Å². The molecule has 0 radical (unpaired) electrons. The van der Waals surface area contributed by atoms with Crippen molar-refractivity contribution in [3.8, 4) is 0 Å². The summed E-state index contributed by atoms with van der Waals surface area (Å²) in [4.78, 5) is 9.09. The van der Waals surface area contributed by atoms with E-state index in [1.54, 1.807) is 6.92 Å². The van der Waals surface area contributed by atoms with Gasteiger partial charge in [-0.15, -0.1) is 0 Å². The normalized spacial score (nSPS) is 15.6. The highest BCUT2D eigenvalue weighted by Gasteiger charge is 2.39. The van der Waals surface area contributed by atoms with Crippen molar-refractivity contribution in [1.82, 2.24) is 4.31 Å². The van der Waals surface area contributed by atoms with Crippen molar-refractivity contribution in [3.63, 3.8) is 0 Å². The molecule has 0 unspecified atom stereocenters. The molecule has 2 N–H and O–H groups in total. The first-order valence-electron chi connectivity index (χ1n) is 6.04. The number of rotatable bonds is 5. The maximum atomic E-state index is 14.0. The molecule has 1 aromatic rings. The van der Waals surface area contributed by atoms with Gasteiger partial charge in [-0.05, 0) is 12.8 Å². The molecular formula is C11H14FN3O4S. The van der Waals surface area contributed by atoms with E-state index in [4.69, 9.17) is 5.73 Å². The molecule has 110 valence electrons. The van der Waals surface area contributed by atoms with Crippen LogP contribution in [0.5, 0.6) is 0 Å². The molecule has 0 atom stereocenters. The van der Waals surface area contributed by atoms with E-state index in [-0.39, 0.29) is 12.6 Å². The first kappa shape index (κ1) is 14.7. The van der Waals surface area contributed by atoms with Crippen LogP contribution in [0.4, 0.5) is 15.8 Å². The number of benzene rings is 1. The van der Waals surface area contributed by atoms with E-state index in [2.05, 4.69) is 0 Å². The zero-order chi connectivity index (χ0) is 15.1. The van der Waals surface area contributed by atoms with E-state index >= 15 is 0 Å². The largest absolute Gasteiger partial charge is 0.397 e. The molecule has 0 aromatic heterocycles. The number of nitrogens with zero attached hydrogens (tertiary/aromatic N) is 2. The van der Waals surface area contributed by atoms with Crippen LogP contribution in [-0.2, 0) is 10.0 Å². The summed E-state index contributed by atoms with van der Waals surface area (Å²) in [7, 11) is -4.08. The Morgan fingerprint density at radius 1 is 1.50 bits per heavy atom. The van der Waals surface area contributed by atoms with Crippen molar-refractivity contribution in [1.29, 1.82) is 0 Å². The third-order valence-electron chi connectivity index (χ3n) is 3.10. The Labute approximate surface area is 115 Å². The third kappa shape index (κ3) is 2.46. The Bertz CT molecular complexity index is 635. The number of hydrogen-bond acceptors (Lipinski definition) is 5. The molecule has 7 nitrogen and oxygen atoms in total. The lowest BCUT2D eigenvalue weighted by Gasteiger charge is -2.21. The molecular weight excluding hydrogens is 289 g/mol. The van der Waals surface area contributed by atoms with Crippen molar-refractivity contribution >= 4 is 21.4 Å². The Kier molecular flexibility index (Phi) is 3.65. The highest BCUT2D eigenvalue weighted by Crippen LogP contribution is 2.35. The van der Waals surface area contributed by atoms with Gasteiger partial charge in [-0.1, -0.05) is 6.92 Å². The first-order valence-corrected chi connectivity index (χ1v) is 7.48. The van der Waals surface area contributed by atoms with Gasteiger partial charge in [0.25, 0.3) is 5.69 Å². The van der Waals surface area contributed by atoms with Gasteiger partial charge in [0.1, 0.15) is 4.90 Å². The average Bonchev–Trinajstić information content (AvgIpc) is 3.12. The summed E-state index contributed by atoms with van der Waals surface area (Å²) in [6.07, 6.45) is 1.45. The van der Waals surface area contributed by atoms with Crippen LogP contribution in [-0.4, -0.2) is 30.2 Å². The van der Waals surface area contributed by atoms with E-state index in [0.29, 0.717) is 6.07 Å². The maximum Gasteiger partial charge on any atom is 0.274 e. The zero-order valence-corrected chi connectivity index (χ0v) is 11.6. The fraction of sp³-hybridized carbons (Fsp3) is 0.455. The molecule has 0 aliphatic heterocycles. The molecule has 1 aliphatic rings.